The number of anilines is 1. The van der Waals surface area contributed by atoms with Crippen molar-refractivity contribution in [2.45, 2.75) is 31.3 Å². The first-order valence-corrected chi connectivity index (χ1v) is 7.26. The van der Waals surface area contributed by atoms with E-state index in [1.54, 1.807) is 0 Å². The molecule has 4 nitrogen and oxygen atoms in total. The summed E-state index contributed by atoms with van der Waals surface area (Å²) in [4.78, 5) is 11.2. The van der Waals surface area contributed by atoms with Gasteiger partial charge in [-0.2, -0.15) is 0 Å². The van der Waals surface area contributed by atoms with Crippen LogP contribution in [0.3, 0.4) is 0 Å². The van der Waals surface area contributed by atoms with Crippen molar-refractivity contribution in [1.82, 2.24) is 0 Å². The third-order valence-corrected chi connectivity index (χ3v) is 4.11. The lowest BCUT2D eigenvalue weighted by Gasteiger charge is -2.29. The predicted octanol–water partition coefficient (Wildman–Crippen LogP) is 3.30. The van der Waals surface area contributed by atoms with Crippen LogP contribution in [0.15, 0.2) is 54.6 Å². The van der Waals surface area contributed by atoms with Crippen LogP contribution in [-0.4, -0.2) is 17.0 Å². The van der Waals surface area contributed by atoms with E-state index in [9.17, 15) is 10.1 Å². The van der Waals surface area contributed by atoms with Crippen LogP contribution in [0, 0.1) is 10.1 Å². The van der Waals surface area contributed by atoms with Gasteiger partial charge in [-0.3, -0.25) is 10.1 Å². The molecule has 0 aromatic heterocycles. The zero-order valence-electron chi connectivity index (χ0n) is 11.7. The van der Waals surface area contributed by atoms with Gasteiger partial charge < -0.3 is 5.32 Å². The molecule has 0 saturated carbocycles. The van der Waals surface area contributed by atoms with Crippen molar-refractivity contribution in [2.24, 2.45) is 0 Å². The molecule has 1 aliphatic rings. The highest BCUT2D eigenvalue weighted by atomic mass is 16.6. The molecule has 4 heteroatoms. The van der Waals surface area contributed by atoms with Gasteiger partial charge in [-0.25, -0.2) is 0 Å². The summed E-state index contributed by atoms with van der Waals surface area (Å²) in [5.41, 5.74) is 3.30. The molecule has 0 fully saturated rings. The number of hydrogen-bond donors (Lipinski definition) is 1. The fourth-order valence-corrected chi connectivity index (χ4v) is 2.96. The minimum atomic E-state index is -0.552. The second kappa shape index (κ2) is 5.95. The molecule has 2 aromatic rings. The summed E-state index contributed by atoms with van der Waals surface area (Å²) < 4.78 is 0. The normalized spacial score (nSPS) is 20.4. The van der Waals surface area contributed by atoms with Crippen LogP contribution in [0.1, 0.15) is 17.5 Å². The highest BCUT2D eigenvalue weighted by Crippen LogP contribution is 2.27. The zero-order chi connectivity index (χ0) is 14.7. The van der Waals surface area contributed by atoms with E-state index in [0.29, 0.717) is 6.42 Å². The van der Waals surface area contributed by atoms with E-state index in [0.717, 1.165) is 24.1 Å². The van der Waals surface area contributed by atoms with Crippen molar-refractivity contribution < 1.29 is 4.92 Å². The molecule has 1 aliphatic heterocycles. The number of rotatable bonds is 4. The molecule has 3 rings (SSSR count). The lowest BCUT2D eigenvalue weighted by molar-refractivity contribution is -0.525. The summed E-state index contributed by atoms with van der Waals surface area (Å²) in [7, 11) is 0. The van der Waals surface area contributed by atoms with E-state index in [1.165, 1.54) is 5.56 Å². The standard InChI is InChI=1S/C17H18N2O2/c20-19(21)17-12-14-8-4-5-9-15(14)18-16(17)11-10-13-6-2-1-3-7-13/h1-9,16-18H,10-12H2/t16-,17-/m0/s1. The van der Waals surface area contributed by atoms with E-state index >= 15 is 0 Å². The Morgan fingerprint density at radius 1 is 1.10 bits per heavy atom. The van der Waals surface area contributed by atoms with Gasteiger partial charge in [0.2, 0.25) is 6.04 Å². The maximum Gasteiger partial charge on any atom is 0.236 e. The minimum Gasteiger partial charge on any atom is -0.375 e. The summed E-state index contributed by atoms with van der Waals surface area (Å²) in [5, 5.41) is 14.7. The number of nitrogens with one attached hydrogen (secondary N) is 1. The minimum absolute atomic E-state index is 0.116. The van der Waals surface area contributed by atoms with Crippen LogP contribution in [0.4, 0.5) is 5.69 Å². The van der Waals surface area contributed by atoms with E-state index in [2.05, 4.69) is 17.4 Å². The van der Waals surface area contributed by atoms with Gasteiger partial charge in [0, 0.05) is 17.0 Å². The molecule has 0 saturated heterocycles. The molecule has 21 heavy (non-hydrogen) atoms. The SMILES string of the molecule is O=[N+]([O-])[C@H]1Cc2ccccc2N[C@H]1CCc1ccccc1. The third kappa shape index (κ3) is 3.05. The second-order valence-corrected chi connectivity index (χ2v) is 5.49. The number of fused-ring (bicyclic) bond motifs is 1. The first-order chi connectivity index (χ1) is 10.2. The van der Waals surface area contributed by atoms with Gasteiger partial charge in [0.1, 0.15) is 0 Å². The number of benzene rings is 2. The van der Waals surface area contributed by atoms with Crippen molar-refractivity contribution in [3.8, 4) is 0 Å². The Balaban J connectivity index is 1.75. The average molecular weight is 282 g/mol. The maximum absolute atomic E-state index is 11.4. The Labute approximate surface area is 124 Å². The molecular weight excluding hydrogens is 264 g/mol. The molecule has 2 atom stereocenters. The van der Waals surface area contributed by atoms with Crippen LogP contribution in [0.5, 0.6) is 0 Å². The van der Waals surface area contributed by atoms with E-state index in [4.69, 9.17) is 0 Å². The van der Waals surface area contributed by atoms with Crippen molar-refractivity contribution >= 4 is 5.69 Å². The Morgan fingerprint density at radius 3 is 2.57 bits per heavy atom. The van der Waals surface area contributed by atoms with E-state index in [-0.39, 0.29) is 11.0 Å². The first-order valence-electron chi connectivity index (χ1n) is 7.26. The summed E-state index contributed by atoms with van der Waals surface area (Å²) in [6.07, 6.45) is 2.13. The number of aryl methyl sites for hydroxylation is 1. The van der Waals surface area contributed by atoms with Gasteiger partial charge in [0.25, 0.3) is 0 Å². The molecule has 0 radical (unpaired) electrons. The summed E-state index contributed by atoms with van der Waals surface area (Å²) >= 11 is 0. The second-order valence-electron chi connectivity index (χ2n) is 5.49. The largest absolute Gasteiger partial charge is 0.375 e. The van der Waals surface area contributed by atoms with Gasteiger partial charge in [-0.15, -0.1) is 0 Å². The smallest absolute Gasteiger partial charge is 0.236 e. The van der Waals surface area contributed by atoms with Gasteiger partial charge >= 0.3 is 0 Å². The Morgan fingerprint density at radius 2 is 1.81 bits per heavy atom. The lowest BCUT2D eigenvalue weighted by Crippen LogP contribution is -2.44. The summed E-state index contributed by atoms with van der Waals surface area (Å²) in [5.74, 6) is 0. The summed E-state index contributed by atoms with van der Waals surface area (Å²) in [6.45, 7) is 0. The molecule has 0 spiro atoms. The van der Waals surface area contributed by atoms with Gasteiger partial charge in [0.15, 0.2) is 0 Å². The van der Waals surface area contributed by atoms with Crippen molar-refractivity contribution in [3.63, 3.8) is 0 Å². The van der Waals surface area contributed by atoms with E-state index < -0.39 is 6.04 Å². The van der Waals surface area contributed by atoms with E-state index in [1.807, 2.05) is 42.5 Å². The maximum atomic E-state index is 11.4. The number of hydrogen-bond acceptors (Lipinski definition) is 3. The average Bonchev–Trinajstić information content (AvgIpc) is 2.53. The predicted molar refractivity (Wildman–Crippen MR) is 83.1 cm³/mol. The Bertz CT molecular complexity index is 628. The Kier molecular flexibility index (Phi) is 3.86. The van der Waals surface area contributed by atoms with Crippen LogP contribution < -0.4 is 5.32 Å². The van der Waals surface area contributed by atoms with Crippen LogP contribution in [0.25, 0.3) is 0 Å². The molecule has 108 valence electrons. The fourth-order valence-electron chi connectivity index (χ4n) is 2.96. The molecule has 0 aliphatic carbocycles. The van der Waals surface area contributed by atoms with Crippen LogP contribution in [-0.2, 0) is 12.8 Å². The molecule has 0 bridgehead atoms. The van der Waals surface area contributed by atoms with Crippen LogP contribution in [0.2, 0.25) is 0 Å². The molecule has 2 aromatic carbocycles. The zero-order valence-corrected chi connectivity index (χ0v) is 11.7. The molecule has 0 amide bonds. The van der Waals surface area contributed by atoms with Crippen molar-refractivity contribution in [3.05, 3.63) is 75.8 Å². The topological polar surface area (TPSA) is 55.2 Å². The molecular formula is C17H18N2O2. The summed E-state index contributed by atoms with van der Waals surface area (Å²) in [6, 6.07) is 17.3. The van der Waals surface area contributed by atoms with Crippen LogP contribution >= 0.6 is 0 Å². The highest BCUT2D eigenvalue weighted by Gasteiger charge is 2.35. The Hall–Kier alpha value is -2.36. The molecule has 1 N–H and O–H groups in total. The van der Waals surface area contributed by atoms with Gasteiger partial charge in [0.05, 0.1) is 6.04 Å². The number of para-hydroxylation sites is 1. The van der Waals surface area contributed by atoms with Gasteiger partial charge in [-0.05, 0) is 30.0 Å². The highest BCUT2D eigenvalue weighted by molar-refractivity contribution is 5.54. The van der Waals surface area contributed by atoms with Gasteiger partial charge in [-0.1, -0.05) is 48.5 Å². The number of nitrogens with zero attached hydrogens (tertiary/aromatic N) is 1. The third-order valence-electron chi connectivity index (χ3n) is 4.11. The lowest BCUT2D eigenvalue weighted by atomic mass is 9.90. The van der Waals surface area contributed by atoms with Crippen molar-refractivity contribution in [2.75, 3.05) is 5.32 Å². The van der Waals surface area contributed by atoms with Crippen molar-refractivity contribution in [1.29, 1.82) is 0 Å². The molecule has 1 heterocycles. The first kappa shape index (κ1) is 13.6. The number of nitro groups is 1. The monoisotopic (exact) mass is 282 g/mol. The molecule has 0 unspecified atom stereocenters. The fraction of sp³-hybridized carbons (Fsp3) is 0.294. The quantitative estimate of drug-likeness (QED) is 0.691.